The van der Waals surface area contributed by atoms with Gasteiger partial charge in [-0.15, -0.1) is 0 Å². The van der Waals surface area contributed by atoms with Crippen LogP contribution in [0.4, 0.5) is 0 Å². The molecule has 102 valence electrons. The molecule has 1 atom stereocenters. The van der Waals surface area contributed by atoms with Gasteiger partial charge in [0.1, 0.15) is 12.6 Å². The van der Waals surface area contributed by atoms with Crippen LogP contribution in [0.3, 0.4) is 0 Å². The van der Waals surface area contributed by atoms with Gasteiger partial charge in [0.25, 0.3) is 0 Å². The fraction of sp³-hybridized carbons (Fsp3) is 0.429. The van der Waals surface area contributed by atoms with Gasteiger partial charge in [-0.2, -0.15) is 0 Å². The van der Waals surface area contributed by atoms with Crippen molar-refractivity contribution in [3.63, 3.8) is 0 Å². The third-order valence-corrected chi connectivity index (χ3v) is 3.11. The first kappa shape index (κ1) is 13.5. The van der Waals surface area contributed by atoms with Crippen LogP contribution in [0, 0.1) is 0 Å². The van der Waals surface area contributed by atoms with Crippen LogP contribution in [0.25, 0.3) is 0 Å². The highest BCUT2D eigenvalue weighted by Crippen LogP contribution is 2.08. The quantitative estimate of drug-likeness (QED) is 0.843. The summed E-state index contributed by atoms with van der Waals surface area (Å²) >= 11 is 0. The molecule has 1 aromatic carbocycles. The van der Waals surface area contributed by atoms with Crippen molar-refractivity contribution in [2.75, 3.05) is 20.2 Å². The molecular weight excluding hydrogens is 244 g/mol. The molecular formula is C14H18N2O3. The highest BCUT2D eigenvalue weighted by atomic mass is 16.5. The second kappa shape index (κ2) is 6.33. The Bertz CT molecular complexity index is 447. The lowest BCUT2D eigenvalue weighted by molar-refractivity contribution is -0.133. The van der Waals surface area contributed by atoms with Crippen LogP contribution in [0.15, 0.2) is 30.3 Å². The molecule has 1 aliphatic rings. The van der Waals surface area contributed by atoms with Crippen LogP contribution in [0.5, 0.6) is 0 Å². The van der Waals surface area contributed by atoms with Gasteiger partial charge >= 0.3 is 0 Å². The van der Waals surface area contributed by atoms with Gasteiger partial charge in [0.15, 0.2) is 0 Å². The highest BCUT2D eigenvalue weighted by Gasteiger charge is 2.29. The standard InChI is InChI=1S/C14H18N2O3/c1-16-8-7-12(14(16)18)15-13(17)10-19-9-11-5-3-2-4-6-11/h2-6,12H,7-10H2,1H3,(H,15,17). The van der Waals surface area contributed by atoms with Crippen LogP contribution in [-0.2, 0) is 20.9 Å². The summed E-state index contributed by atoms with van der Waals surface area (Å²) < 4.78 is 5.32. The highest BCUT2D eigenvalue weighted by molar-refractivity contribution is 5.89. The van der Waals surface area contributed by atoms with Gasteiger partial charge in [-0.25, -0.2) is 0 Å². The molecule has 5 nitrogen and oxygen atoms in total. The summed E-state index contributed by atoms with van der Waals surface area (Å²) in [5.41, 5.74) is 1.02. The monoisotopic (exact) mass is 262 g/mol. The van der Waals surface area contributed by atoms with Crippen molar-refractivity contribution >= 4 is 11.8 Å². The molecule has 1 saturated heterocycles. The Balaban J connectivity index is 1.69. The average molecular weight is 262 g/mol. The SMILES string of the molecule is CN1CCC(NC(=O)COCc2ccccc2)C1=O. The third kappa shape index (κ3) is 3.79. The van der Waals surface area contributed by atoms with Gasteiger partial charge in [-0.1, -0.05) is 30.3 Å². The lowest BCUT2D eigenvalue weighted by Gasteiger charge is -2.12. The van der Waals surface area contributed by atoms with E-state index in [4.69, 9.17) is 4.74 Å². The van der Waals surface area contributed by atoms with Crippen molar-refractivity contribution in [3.8, 4) is 0 Å². The topological polar surface area (TPSA) is 58.6 Å². The molecule has 1 unspecified atom stereocenters. The van der Waals surface area contributed by atoms with E-state index in [-0.39, 0.29) is 18.4 Å². The van der Waals surface area contributed by atoms with Crippen molar-refractivity contribution < 1.29 is 14.3 Å². The Kier molecular flexibility index (Phi) is 4.52. The molecule has 1 heterocycles. The molecule has 5 heteroatoms. The van der Waals surface area contributed by atoms with Crippen LogP contribution < -0.4 is 5.32 Å². The zero-order chi connectivity index (χ0) is 13.7. The summed E-state index contributed by atoms with van der Waals surface area (Å²) in [6, 6.07) is 9.26. The molecule has 2 rings (SSSR count). The van der Waals surface area contributed by atoms with Crippen LogP contribution in [0.1, 0.15) is 12.0 Å². The molecule has 1 N–H and O–H groups in total. The number of likely N-dealkylation sites (N-methyl/N-ethyl adjacent to an activating group) is 1. The predicted octanol–water partition coefficient (Wildman–Crippen LogP) is 0.550. The molecule has 1 fully saturated rings. The van der Waals surface area contributed by atoms with Crippen molar-refractivity contribution in [2.24, 2.45) is 0 Å². The number of carbonyl (C=O) groups is 2. The number of nitrogens with one attached hydrogen (secondary N) is 1. The first-order chi connectivity index (χ1) is 9.16. The number of ether oxygens (including phenoxy) is 1. The second-order valence-electron chi connectivity index (χ2n) is 4.65. The Labute approximate surface area is 112 Å². The van der Waals surface area contributed by atoms with Crippen molar-refractivity contribution in [3.05, 3.63) is 35.9 Å². The minimum Gasteiger partial charge on any atom is -0.367 e. The number of nitrogens with zero attached hydrogens (tertiary/aromatic N) is 1. The molecule has 0 aromatic heterocycles. The van der Waals surface area contributed by atoms with Crippen molar-refractivity contribution in [2.45, 2.75) is 19.1 Å². The smallest absolute Gasteiger partial charge is 0.246 e. The van der Waals surface area contributed by atoms with E-state index >= 15 is 0 Å². The number of amides is 2. The van der Waals surface area contributed by atoms with Crippen LogP contribution >= 0.6 is 0 Å². The predicted molar refractivity (Wildman–Crippen MR) is 70.3 cm³/mol. The van der Waals surface area contributed by atoms with E-state index in [9.17, 15) is 9.59 Å². The Morgan fingerprint density at radius 1 is 1.42 bits per heavy atom. The molecule has 1 aliphatic heterocycles. The fourth-order valence-electron chi connectivity index (χ4n) is 2.03. The Hall–Kier alpha value is -1.88. The molecule has 0 bridgehead atoms. The molecule has 0 spiro atoms. The van der Waals surface area contributed by atoms with Crippen LogP contribution in [-0.4, -0.2) is 43.0 Å². The van der Waals surface area contributed by atoms with Gasteiger partial charge in [0.05, 0.1) is 6.61 Å². The fourth-order valence-corrected chi connectivity index (χ4v) is 2.03. The molecule has 1 aromatic rings. The molecule has 0 saturated carbocycles. The third-order valence-electron chi connectivity index (χ3n) is 3.11. The van der Waals surface area contributed by atoms with Crippen LogP contribution in [0.2, 0.25) is 0 Å². The van der Waals surface area contributed by atoms with Crippen molar-refractivity contribution in [1.29, 1.82) is 0 Å². The van der Waals surface area contributed by atoms with Gasteiger partial charge in [-0.05, 0) is 12.0 Å². The summed E-state index contributed by atoms with van der Waals surface area (Å²) in [5.74, 6) is -0.277. The number of hydrogen-bond donors (Lipinski definition) is 1. The molecule has 0 radical (unpaired) electrons. The first-order valence-electron chi connectivity index (χ1n) is 6.33. The van der Waals surface area contributed by atoms with Gasteiger partial charge in [-0.3, -0.25) is 9.59 Å². The average Bonchev–Trinajstić information content (AvgIpc) is 2.72. The number of carbonyl (C=O) groups excluding carboxylic acids is 2. The summed E-state index contributed by atoms with van der Waals surface area (Å²) in [7, 11) is 1.74. The number of likely N-dealkylation sites (tertiary alicyclic amines) is 1. The molecule has 19 heavy (non-hydrogen) atoms. The zero-order valence-electron chi connectivity index (χ0n) is 11.0. The summed E-state index contributed by atoms with van der Waals surface area (Å²) in [6.45, 7) is 1.06. The Morgan fingerprint density at radius 3 is 2.79 bits per heavy atom. The van der Waals surface area contributed by atoms with E-state index in [2.05, 4.69) is 5.32 Å². The minimum atomic E-state index is -0.391. The maximum atomic E-state index is 11.6. The first-order valence-corrected chi connectivity index (χ1v) is 6.33. The maximum absolute atomic E-state index is 11.6. The summed E-state index contributed by atoms with van der Waals surface area (Å²) in [5, 5.41) is 2.69. The van der Waals surface area contributed by atoms with Crippen molar-refractivity contribution in [1.82, 2.24) is 10.2 Å². The van der Waals surface area contributed by atoms with Gasteiger partial charge in [0, 0.05) is 13.6 Å². The molecule has 2 amide bonds. The van der Waals surface area contributed by atoms with Gasteiger partial charge in [0.2, 0.25) is 11.8 Å². The summed E-state index contributed by atoms with van der Waals surface area (Å²) in [6.07, 6.45) is 0.666. The lowest BCUT2D eigenvalue weighted by Crippen LogP contribution is -2.42. The van der Waals surface area contributed by atoms with E-state index in [1.165, 1.54) is 0 Å². The van der Waals surface area contributed by atoms with E-state index in [1.54, 1.807) is 11.9 Å². The maximum Gasteiger partial charge on any atom is 0.246 e. The number of hydrogen-bond acceptors (Lipinski definition) is 3. The number of benzene rings is 1. The van der Waals surface area contributed by atoms with E-state index < -0.39 is 6.04 Å². The van der Waals surface area contributed by atoms with E-state index in [0.717, 1.165) is 5.56 Å². The largest absolute Gasteiger partial charge is 0.367 e. The molecule has 0 aliphatic carbocycles. The van der Waals surface area contributed by atoms with E-state index in [0.29, 0.717) is 19.6 Å². The minimum absolute atomic E-state index is 0.0254. The van der Waals surface area contributed by atoms with E-state index in [1.807, 2.05) is 30.3 Å². The number of rotatable bonds is 5. The normalized spacial score (nSPS) is 18.7. The zero-order valence-corrected chi connectivity index (χ0v) is 11.0. The lowest BCUT2D eigenvalue weighted by atomic mass is 10.2. The van der Waals surface area contributed by atoms with Gasteiger partial charge < -0.3 is 15.0 Å². The Morgan fingerprint density at radius 2 is 2.16 bits per heavy atom. The summed E-state index contributed by atoms with van der Waals surface area (Å²) in [4.78, 5) is 24.9. The second-order valence-corrected chi connectivity index (χ2v) is 4.65.